The molecule has 0 saturated heterocycles. The van der Waals surface area contributed by atoms with Crippen LogP contribution < -0.4 is 5.32 Å². The minimum absolute atomic E-state index is 0.0370. The Labute approximate surface area is 120 Å². The van der Waals surface area contributed by atoms with Gasteiger partial charge in [0.05, 0.1) is 6.04 Å². The number of nitrogens with one attached hydrogen (secondary N) is 1. The van der Waals surface area contributed by atoms with Crippen molar-refractivity contribution in [2.75, 3.05) is 6.54 Å². The summed E-state index contributed by atoms with van der Waals surface area (Å²) in [5.74, 6) is -0.173. The molecule has 2 heteroatoms. The van der Waals surface area contributed by atoms with Crippen molar-refractivity contribution in [2.45, 2.75) is 33.7 Å². The fraction of sp³-hybridized carbons (Fsp3) is 0.333. The van der Waals surface area contributed by atoms with Crippen molar-refractivity contribution in [3.8, 4) is 0 Å². The molecule has 0 saturated carbocycles. The molecule has 2 aromatic rings. The Bertz CT molecular complexity index is 584. The first-order chi connectivity index (χ1) is 9.51. The standard InChI is InChI=1S/C18H22FN/c1-5-20-18(15-9-13(3)10-16(19)11-15)17-7-6-12(2)8-14(17)4/h6-11,18,20H,5H2,1-4H3. The molecular formula is C18H22FN. The Morgan fingerprint density at radius 3 is 2.35 bits per heavy atom. The van der Waals surface area contributed by atoms with E-state index in [-0.39, 0.29) is 11.9 Å². The van der Waals surface area contributed by atoms with Crippen LogP contribution in [0.1, 0.15) is 40.8 Å². The quantitative estimate of drug-likeness (QED) is 0.866. The number of hydrogen-bond donors (Lipinski definition) is 1. The van der Waals surface area contributed by atoms with Crippen molar-refractivity contribution in [3.05, 3.63) is 70.0 Å². The van der Waals surface area contributed by atoms with Crippen LogP contribution in [0.3, 0.4) is 0 Å². The van der Waals surface area contributed by atoms with Gasteiger partial charge in [0.2, 0.25) is 0 Å². The average Bonchev–Trinajstić information content (AvgIpc) is 2.35. The summed E-state index contributed by atoms with van der Waals surface area (Å²) in [7, 11) is 0. The van der Waals surface area contributed by atoms with Crippen LogP contribution in [0.5, 0.6) is 0 Å². The summed E-state index contributed by atoms with van der Waals surface area (Å²) in [6.45, 7) is 9.04. The molecule has 0 aliphatic rings. The minimum Gasteiger partial charge on any atom is -0.307 e. The van der Waals surface area contributed by atoms with Gasteiger partial charge in [-0.3, -0.25) is 0 Å². The van der Waals surface area contributed by atoms with Crippen LogP contribution in [0.4, 0.5) is 4.39 Å². The Morgan fingerprint density at radius 1 is 1.00 bits per heavy atom. The molecule has 0 heterocycles. The number of hydrogen-bond acceptors (Lipinski definition) is 1. The average molecular weight is 271 g/mol. The second-order valence-corrected chi connectivity index (χ2v) is 5.41. The lowest BCUT2D eigenvalue weighted by Crippen LogP contribution is -2.23. The molecule has 1 atom stereocenters. The monoisotopic (exact) mass is 271 g/mol. The molecule has 0 aromatic heterocycles. The van der Waals surface area contributed by atoms with Crippen LogP contribution in [0, 0.1) is 26.6 Å². The van der Waals surface area contributed by atoms with E-state index < -0.39 is 0 Å². The molecule has 1 unspecified atom stereocenters. The lowest BCUT2D eigenvalue weighted by Gasteiger charge is -2.22. The molecule has 20 heavy (non-hydrogen) atoms. The molecule has 0 aliphatic heterocycles. The molecule has 0 aliphatic carbocycles. The predicted octanol–water partition coefficient (Wildman–Crippen LogP) is 4.45. The van der Waals surface area contributed by atoms with Gasteiger partial charge in [0, 0.05) is 0 Å². The molecule has 1 N–H and O–H groups in total. The van der Waals surface area contributed by atoms with Gasteiger partial charge in [-0.15, -0.1) is 0 Å². The zero-order valence-electron chi connectivity index (χ0n) is 12.6. The topological polar surface area (TPSA) is 12.0 Å². The summed E-state index contributed by atoms with van der Waals surface area (Å²) in [4.78, 5) is 0. The van der Waals surface area contributed by atoms with E-state index in [1.54, 1.807) is 12.1 Å². The fourth-order valence-electron chi connectivity index (χ4n) is 2.69. The van der Waals surface area contributed by atoms with Gasteiger partial charge in [-0.2, -0.15) is 0 Å². The van der Waals surface area contributed by atoms with Crippen molar-refractivity contribution >= 4 is 0 Å². The third-order valence-corrected chi connectivity index (χ3v) is 3.54. The molecular weight excluding hydrogens is 249 g/mol. The van der Waals surface area contributed by atoms with Crippen LogP contribution in [-0.2, 0) is 0 Å². The molecule has 2 rings (SSSR count). The van der Waals surface area contributed by atoms with Gasteiger partial charge >= 0.3 is 0 Å². The molecule has 0 fully saturated rings. The van der Waals surface area contributed by atoms with E-state index in [9.17, 15) is 4.39 Å². The van der Waals surface area contributed by atoms with Gasteiger partial charge in [-0.1, -0.05) is 36.8 Å². The largest absolute Gasteiger partial charge is 0.307 e. The molecule has 106 valence electrons. The van der Waals surface area contributed by atoms with Crippen molar-refractivity contribution < 1.29 is 4.39 Å². The first-order valence-electron chi connectivity index (χ1n) is 7.09. The third kappa shape index (κ3) is 3.26. The maximum Gasteiger partial charge on any atom is 0.123 e. The zero-order chi connectivity index (χ0) is 14.7. The van der Waals surface area contributed by atoms with E-state index in [0.717, 1.165) is 17.7 Å². The van der Waals surface area contributed by atoms with Gasteiger partial charge in [0.1, 0.15) is 5.82 Å². The number of aryl methyl sites for hydroxylation is 3. The minimum atomic E-state index is -0.173. The van der Waals surface area contributed by atoms with Crippen molar-refractivity contribution in [1.82, 2.24) is 5.32 Å². The Kier molecular flexibility index (Phi) is 4.56. The smallest absolute Gasteiger partial charge is 0.123 e. The summed E-state index contributed by atoms with van der Waals surface area (Å²) in [5.41, 5.74) is 5.63. The SMILES string of the molecule is CCNC(c1cc(C)cc(F)c1)c1ccc(C)cc1C. The van der Waals surface area contributed by atoms with Gasteiger partial charge in [0.15, 0.2) is 0 Å². The highest BCUT2D eigenvalue weighted by atomic mass is 19.1. The highest BCUT2D eigenvalue weighted by molar-refractivity contribution is 5.40. The number of benzene rings is 2. The van der Waals surface area contributed by atoms with Crippen LogP contribution in [0.25, 0.3) is 0 Å². The van der Waals surface area contributed by atoms with Gasteiger partial charge in [-0.05, 0) is 61.7 Å². The van der Waals surface area contributed by atoms with Gasteiger partial charge < -0.3 is 5.32 Å². The van der Waals surface area contributed by atoms with Crippen LogP contribution in [0.2, 0.25) is 0 Å². The van der Waals surface area contributed by atoms with Crippen LogP contribution in [-0.4, -0.2) is 6.54 Å². The highest BCUT2D eigenvalue weighted by Crippen LogP contribution is 2.27. The summed E-state index contributed by atoms with van der Waals surface area (Å²) in [5, 5.41) is 3.46. The van der Waals surface area contributed by atoms with Gasteiger partial charge in [-0.25, -0.2) is 4.39 Å². The maximum atomic E-state index is 13.7. The Hall–Kier alpha value is -1.67. The van der Waals surface area contributed by atoms with Gasteiger partial charge in [0.25, 0.3) is 0 Å². The first-order valence-corrected chi connectivity index (χ1v) is 7.09. The molecule has 0 amide bonds. The summed E-state index contributed by atoms with van der Waals surface area (Å²) >= 11 is 0. The Balaban J connectivity index is 2.49. The summed E-state index contributed by atoms with van der Waals surface area (Å²) in [6.07, 6.45) is 0. The van der Waals surface area contributed by atoms with E-state index in [1.165, 1.54) is 16.7 Å². The zero-order valence-corrected chi connectivity index (χ0v) is 12.6. The van der Waals surface area contributed by atoms with Crippen molar-refractivity contribution in [2.24, 2.45) is 0 Å². The molecule has 0 radical (unpaired) electrons. The number of rotatable bonds is 4. The Morgan fingerprint density at radius 2 is 1.75 bits per heavy atom. The number of halogens is 1. The van der Waals surface area contributed by atoms with Crippen LogP contribution in [0.15, 0.2) is 36.4 Å². The van der Waals surface area contributed by atoms with E-state index in [0.29, 0.717) is 0 Å². The normalized spacial score (nSPS) is 12.4. The first kappa shape index (κ1) is 14.7. The van der Waals surface area contributed by atoms with Crippen LogP contribution >= 0.6 is 0 Å². The molecule has 2 aromatic carbocycles. The molecule has 0 bridgehead atoms. The summed E-state index contributed by atoms with van der Waals surface area (Å²) < 4.78 is 13.7. The summed E-state index contributed by atoms with van der Waals surface area (Å²) in [6, 6.07) is 11.7. The molecule has 1 nitrogen and oxygen atoms in total. The molecule has 0 spiro atoms. The highest BCUT2D eigenvalue weighted by Gasteiger charge is 2.16. The van der Waals surface area contributed by atoms with Crippen molar-refractivity contribution in [3.63, 3.8) is 0 Å². The lowest BCUT2D eigenvalue weighted by molar-refractivity contribution is 0.600. The predicted molar refractivity (Wildman–Crippen MR) is 82.6 cm³/mol. The lowest BCUT2D eigenvalue weighted by atomic mass is 9.93. The second-order valence-electron chi connectivity index (χ2n) is 5.41. The third-order valence-electron chi connectivity index (χ3n) is 3.54. The maximum absolute atomic E-state index is 13.7. The van der Waals surface area contributed by atoms with E-state index in [1.807, 2.05) is 6.92 Å². The van der Waals surface area contributed by atoms with E-state index >= 15 is 0 Å². The van der Waals surface area contributed by atoms with Crippen molar-refractivity contribution in [1.29, 1.82) is 0 Å². The van der Waals surface area contributed by atoms with E-state index in [2.05, 4.69) is 50.4 Å². The fourth-order valence-corrected chi connectivity index (χ4v) is 2.69. The van der Waals surface area contributed by atoms with E-state index in [4.69, 9.17) is 0 Å². The second kappa shape index (κ2) is 6.19.